The fraction of sp³-hybridized carbons (Fsp3) is 0.304. The summed E-state index contributed by atoms with van der Waals surface area (Å²) in [6.07, 6.45) is 0.0865. The van der Waals surface area contributed by atoms with Gasteiger partial charge in [-0.2, -0.15) is 0 Å². The molecule has 1 aliphatic heterocycles. The Kier molecular flexibility index (Phi) is 9.03. The fourth-order valence-electron chi connectivity index (χ4n) is 3.20. The molecular weight excluding hydrogens is 417 g/mol. The summed E-state index contributed by atoms with van der Waals surface area (Å²) in [5.74, 6) is -1.34. The van der Waals surface area contributed by atoms with Crippen LogP contribution in [0.5, 0.6) is 5.75 Å². The first-order valence-electron chi connectivity index (χ1n) is 10.2. The topological polar surface area (TPSA) is 105 Å². The molecule has 1 fully saturated rings. The maximum absolute atomic E-state index is 15.1. The summed E-state index contributed by atoms with van der Waals surface area (Å²) in [7, 11) is 1.60. The van der Waals surface area contributed by atoms with E-state index in [4.69, 9.17) is 4.74 Å². The van der Waals surface area contributed by atoms with Gasteiger partial charge in [-0.15, -0.1) is 0 Å². The molecule has 1 atom stereocenters. The molecule has 2 N–H and O–H groups in total. The van der Waals surface area contributed by atoms with E-state index in [-0.39, 0.29) is 41.4 Å². The Balaban J connectivity index is 0.00000176. The Morgan fingerprint density at radius 3 is 2.53 bits per heavy atom. The molecule has 1 unspecified atom stereocenters. The first-order valence-corrected chi connectivity index (χ1v) is 10.2. The number of aldehydes is 1. The lowest BCUT2D eigenvalue weighted by Gasteiger charge is -2.30. The Hall–Kier alpha value is -3.59. The standard InChI is InChI=1S/C21H20FN3O5.C2H6/c1-25(17-9-10-18(27)24-20(17)28)11-15-13(12-26)7-8-16(19(15)22)23-21(29)30-14-5-3-2-4-6-14;1-2/h2-8,12,17H,9-11H2,1H3,(H,23,29)(H,24,27,28);1-2H3. The van der Waals surface area contributed by atoms with Gasteiger partial charge in [0.05, 0.1) is 11.7 Å². The van der Waals surface area contributed by atoms with Gasteiger partial charge < -0.3 is 4.74 Å². The highest BCUT2D eigenvalue weighted by Crippen LogP contribution is 2.24. The van der Waals surface area contributed by atoms with Crippen molar-refractivity contribution in [3.8, 4) is 5.75 Å². The van der Waals surface area contributed by atoms with Crippen molar-refractivity contribution >= 4 is 29.9 Å². The quantitative estimate of drug-likeness (QED) is 0.523. The van der Waals surface area contributed by atoms with Gasteiger partial charge in [-0.05, 0) is 37.7 Å². The van der Waals surface area contributed by atoms with Gasteiger partial charge in [-0.25, -0.2) is 9.18 Å². The Bertz CT molecular complexity index is 981. The number of benzene rings is 2. The molecule has 2 aromatic rings. The molecule has 9 heteroatoms. The molecule has 0 saturated carbocycles. The van der Waals surface area contributed by atoms with Crippen molar-refractivity contribution in [3.63, 3.8) is 0 Å². The van der Waals surface area contributed by atoms with Gasteiger partial charge in [0, 0.05) is 24.1 Å². The van der Waals surface area contributed by atoms with E-state index in [9.17, 15) is 19.2 Å². The van der Waals surface area contributed by atoms with Crippen molar-refractivity contribution in [1.82, 2.24) is 10.2 Å². The monoisotopic (exact) mass is 443 g/mol. The van der Waals surface area contributed by atoms with Crippen LogP contribution in [-0.2, 0) is 16.1 Å². The predicted molar refractivity (Wildman–Crippen MR) is 117 cm³/mol. The summed E-state index contributed by atoms with van der Waals surface area (Å²) in [6.45, 7) is 3.93. The van der Waals surface area contributed by atoms with Crippen molar-refractivity contribution in [2.24, 2.45) is 0 Å². The van der Waals surface area contributed by atoms with Gasteiger partial charge in [-0.1, -0.05) is 32.0 Å². The number of nitrogens with one attached hydrogen (secondary N) is 2. The van der Waals surface area contributed by atoms with Gasteiger partial charge in [-0.3, -0.25) is 29.9 Å². The average Bonchev–Trinajstić information content (AvgIpc) is 2.78. The summed E-state index contributed by atoms with van der Waals surface area (Å²) in [4.78, 5) is 48.4. The van der Waals surface area contributed by atoms with Crippen molar-refractivity contribution in [2.75, 3.05) is 12.4 Å². The Morgan fingerprint density at radius 2 is 1.91 bits per heavy atom. The number of rotatable bonds is 6. The number of likely N-dealkylation sites (N-methyl/N-ethyl adjacent to an activating group) is 1. The second kappa shape index (κ2) is 11.7. The van der Waals surface area contributed by atoms with Crippen LogP contribution in [0, 0.1) is 5.82 Å². The molecule has 2 aromatic carbocycles. The number of para-hydroxylation sites is 1. The molecule has 32 heavy (non-hydrogen) atoms. The van der Waals surface area contributed by atoms with Gasteiger partial charge >= 0.3 is 6.09 Å². The minimum Gasteiger partial charge on any atom is -0.410 e. The minimum absolute atomic E-state index is 0.0229. The number of hydrogen-bond acceptors (Lipinski definition) is 6. The number of amides is 3. The SMILES string of the molecule is CC.CN(Cc1c(C=O)ccc(NC(=O)Oc2ccccc2)c1F)C1CCC(=O)NC1=O. The van der Waals surface area contributed by atoms with Crippen LogP contribution in [0.3, 0.4) is 0 Å². The van der Waals surface area contributed by atoms with Crippen LogP contribution >= 0.6 is 0 Å². The fourth-order valence-corrected chi connectivity index (χ4v) is 3.20. The van der Waals surface area contributed by atoms with Crippen LogP contribution < -0.4 is 15.4 Å². The molecule has 0 radical (unpaired) electrons. The second-order valence-electron chi connectivity index (χ2n) is 6.82. The smallest absolute Gasteiger partial charge is 0.410 e. The largest absolute Gasteiger partial charge is 0.417 e. The van der Waals surface area contributed by atoms with E-state index in [1.807, 2.05) is 13.8 Å². The number of ether oxygens (including phenoxy) is 1. The van der Waals surface area contributed by atoms with Crippen LogP contribution in [0.2, 0.25) is 0 Å². The van der Waals surface area contributed by atoms with Crippen LogP contribution in [0.15, 0.2) is 42.5 Å². The molecule has 1 heterocycles. The van der Waals surface area contributed by atoms with Crippen molar-refractivity contribution in [3.05, 3.63) is 59.4 Å². The van der Waals surface area contributed by atoms with Gasteiger partial charge in [0.25, 0.3) is 0 Å². The third-order valence-electron chi connectivity index (χ3n) is 4.75. The summed E-state index contributed by atoms with van der Waals surface area (Å²) in [5, 5.41) is 4.57. The second-order valence-corrected chi connectivity index (χ2v) is 6.82. The molecule has 0 bridgehead atoms. The van der Waals surface area contributed by atoms with Crippen LogP contribution in [0.1, 0.15) is 42.6 Å². The van der Waals surface area contributed by atoms with E-state index in [1.165, 1.54) is 12.1 Å². The third-order valence-corrected chi connectivity index (χ3v) is 4.75. The number of halogens is 1. The first-order chi connectivity index (χ1) is 15.4. The van der Waals surface area contributed by atoms with Crippen LogP contribution in [0.4, 0.5) is 14.9 Å². The maximum Gasteiger partial charge on any atom is 0.417 e. The number of carbonyl (C=O) groups is 4. The van der Waals surface area contributed by atoms with Crippen LogP contribution in [-0.4, -0.2) is 42.2 Å². The van der Waals surface area contributed by atoms with Crippen molar-refractivity contribution in [1.29, 1.82) is 0 Å². The van der Waals surface area contributed by atoms with Gasteiger partial charge in [0.15, 0.2) is 5.82 Å². The average molecular weight is 443 g/mol. The van der Waals surface area contributed by atoms with E-state index in [0.717, 1.165) is 0 Å². The lowest BCUT2D eigenvalue weighted by Crippen LogP contribution is -2.51. The maximum atomic E-state index is 15.1. The summed E-state index contributed by atoms with van der Waals surface area (Å²) in [5.41, 5.74) is -0.0449. The molecule has 170 valence electrons. The number of carbonyl (C=O) groups excluding carboxylic acids is 4. The van der Waals surface area contributed by atoms with E-state index in [2.05, 4.69) is 10.6 Å². The van der Waals surface area contributed by atoms with Gasteiger partial charge in [0.1, 0.15) is 12.0 Å². The first kappa shape index (κ1) is 24.7. The molecule has 1 aliphatic rings. The molecular formula is C23H26FN3O5. The molecule has 3 amide bonds. The number of piperidine rings is 1. The van der Waals surface area contributed by atoms with Gasteiger partial charge in [0.2, 0.25) is 11.8 Å². The predicted octanol–water partition coefficient (Wildman–Crippen LogP) is 3.51. The zero-order valence-electron chi connectivity index (χ0n) is 18.2. The number of hydrogen-bond donors (Lipinski definition) is 2. The summed E-state index contributed by atoms with van der Waals surface area (Å²) >= 11 is 0. The highest BCUT2D eigenvalue weighted by Gasteiger charge is 2.30. The zero-order chi connectivity index (χ0) is 23.7. The van der Waals surface area contributed by atoms with Crippen molar-refractivity contribution < 1.29 is 28.3 Å². The molecule has 8 nitrogen and oxygen atoms in total. The molecule has 0 aromatic heterocycles. The Morgan fingerprint density at radius 1 is 1.22 bits per heavy atom. The number of anilines is 1. The van der Waals surface area contributed by atoms with E-state index in [0.29, 0.717) is 12.7 Å². The third kappa shape index (κ3) is 6.21. The molecule has 0 aliphatic carbocycles. The summed E-state index contributed by atoms with van der Waals surface area (Å²) < 4.78 is 20.2. The molecule has 1 saturated heterocycles. The molecule has 3 rings (SSSR count). The van der Waals surface area contributed by atoms with E-state index in [1.54, 1.807) is 42.3 Å². The number of imide groups is 1. The minimum atomic E-state index is -0.886. The Labute approximate surface area is 185 Å². The van der Waals surface area contributed by atoms with E-state index >= 15 is 4.39 Å². The van der Waals surface area contributed by atoms with Crippen LogP contribution in [0.25, 0.3) is 0 Å². The zero-order valence-corrected chi connectivity index (χ0v) is 18.2. The normalized spacial score (nSPS) is 15.3. The lowest BCUT2D eigenvalue weighted by atomic mass is 10.0. The highest BCUT2D eigenvalue weighted by molar-refractivity contribution is 6.00. The van der Waals surface area contributed by atoms with E-state index < -0.39 is 23.9 Å². The van der Waals surface area contributed by atoms with Crippen molar-refractivity contribution in [2.45, 2.75) is 39.3 Å². The highest BCUT2D eigenvalue weighted by atomic mass is 19.1. The number of nitrogens with zero attached hydrogens (tertiary/aromatic N) is 1. The summed E-state index contributed by atoms with van der Waals surface area (Å²) in [6, 6.07) is 10.3. The lowest BCUT2D eigenvalue weighted by molar-refractivity contribution is -0.137. The molecule has 0 spiro atoms.